The number of nitrogen functional groups attached to an aromatic ring is 1. The average molecular weight is 222 g/mol. The molecule has 0 bridgehead atoms. The molecule has 0 unspecified atom stereocenters. The van der Waals surface area contributed by atoms with Crippen LogP contribution in [0.3, 0.4) is 0 Å². The Morgan fingerprint density at radius 3 is 2.81 bits per heavy atom. The number of nitrogens with two attached hydrogens (primary N) is 1. The first kappa shape index (κ1) is 11.5. The maximum Gasteiger partial charge on any atom is 0.0754 e. The molecule has 1 aromatic heterocycles. The van der Waals surface area contributed by atoms with E-state index in [1.54, 1.807) is 6.20 Å². The van der Waals surface area contributed by atoms with Gasteiger partial charge in [-0.2, -0.15) is 5.10 Å². The fraction of sp³-hybridized carbons (Fsp3) is 0.750. The first-order valence-corrected chi connectivity index (χ1v) is 6.23. The molecular formula is C12H22N4. The second kappa shape index (κ2) is 4.87. The molecule has 1 heterocycles. The van der Waals surface area contributed by atoms with Crippen LogP contribution in [0.2, 0.25) is 0 Å². The number of hydrogen-bond donors (Lipinski definition) is 2. The van der Waals surface area contributed by atoms with Gasteiger partial charge >= 0.3 is 0 Å². The van der Waals surface area contributed by atoms with Gasteiger partial charge in [-0.15, -0.1) is 0 Å². The Hall–Kier alpha value is -1.03. The lowest BCUT2D eigenvalue weighted by Crippen LogP contribution is -2.27. The number of anilines is 1. The summed E-state index contributed by atoms with van der Waals surface area (Å²) in [5, 5.41) is 7.89. The van der Waals surface area contributed by atoms with Crippen molar-refractivity contribution in [2.24, 2.45) is 0 Å². The lowest BCUT2D eigenvalue weighted by Gasteiger charge is -2.15. The molecule has 0 atom stereocenters. The lowest BCUT2D eigenvalue weighted by atomic mass is 10.2. The van der Waals surface area contributed by atoms with Gasteiger partial charge in [0.25, 0.3) is 0 Å². The minimum Gasteiger partial charge on any atom is -0.396 e. The van der Waals surface area contributed by atoms with Crippen molar-refractivity contribution >= 4 is 5.69 Å². The van der Waals surface area contributed by atoms with E-state index in [2.05, 4.69) is 24.3 Å². The molecule has 1 fully saturated rings. The van der Waals surface area contributed by atoms with Gasteiger partial charge in [-0.25, -0.2) is 0 Å². The van der Waals surface area contributed by atoms with E-state index in [4.69, 9.17) is 5.73 Å². The van der Waals surface area contributed by atoms with Gasteiger partial charge in [0.2, 0.25) is 0 Å². The van der Waals surface area contributed by atoms with Gasteiger partial charge < -0.3 is 11.1 Å². The highest BCUT2D eigenvalue weighted by Gasteiger charge is 2.16. The predicted octanol–water partition coefficient (Wildman–Crippen LogP) is 2.08. The summed E-state index contributed by atoms with van der Waals surface area (Å²) in [5.41, 5.74) is 7.87. The second-order valence-electron chi connectivity index (χ2n) is 4.95. The molecule has 2 rings (SSSR count). The average Bonchev–Trinajstić information content (AvgIpc) is 2.84. The highest BCUT2D eigenvalue weighted by atomic mass is 15.3. The molecule has 4 nitrogen and oxygen atoms in total. The Morgan fingerprint density at radius 1 is 1.50 bits per heavy atom. The third-order valence-electron chi connectivity index (χ3n) is 3.33. The molecule has 0 spiro atoms. The van der Waals surface area contributed by atoms with Crippen LogP contribution in [-0.4, -0.2) is 15.8 Å². The van der Waals surface area contributed by atoms with Gasteiger partial charge in [-0.05, 0) is 26.7 Å². The maximum absolute atomic E-state index is 5.94. The largest absolute Gasteiger partial charge is 0.396 e. The molecule has 16 heavy (non-hydrogen) atoms. The van der Waals surface area contributed by atoms with Crippen molar-refractivity contribution in [2.45, 2.75) is 58.2 Å². The van der Waals surface area contributed by atoms with Crippen molar-refractivity contribution in [1.82, 2.24) is 15.1 Å². The van der Waals surface area contributed by atoms with E-state index in [1.165, 1.54) is 25.7 Å². The van der Waals surface area contributed by atoms with E-state index in [0.29, 0.717) is 12.1 Å². The van der Waals surface area contributed by atoms with E-state index >= 15 is 0 Å². The van der Waals surface area contributed by atoms with Crippen molar-refractivity contribution < 1.29 is 0 Å². The van der Waals surface area contributed by atoms with Crippen molar-refractivity contribution in [3.8, 4) is 0 Å². The molecule has 0 radical (unpaired) electrons. The topological polar surface area (TPSA) is 55.9 Å². The number of rotatable bonds is 4. The van der Waals surface area contributed by atoms with Crippen LogP contribution in [0.4, 0.5) is 5.69 Å². The fourth-order valence-electron chi connectivity index (χ4n) is 2.40. The molecule has 3 N–H and O–H groups in total. The molecule has 1 aliphatic carbocycles. The summed E-state index contributed by atoms with van der Waals surface area (Å²) in [7, 11) is 0. The van der Waals surface area contributed by atoms with Crippen LogP contribution < -0.4 is 11.1 Å². The number of aromatic nitrogens is 2. The molecule has 1 aromatic rings. The zero-order chi connectivity index (χ0) is 11.5. The summed E-state index contributed by atoms with van der Waals surface area (Å²) >= 11 is 0. The lowest BCUT2D eigenvalue weighted by molar-refractivity contribution is 0.467. The monoisotopic (exact) mass is 222 g/mol. The number of nitrogens with zero attached hydrogens (tertiary/aromatic N) is 2. The highest BCUT2D eigenvalue weighted by Crippen LogP contribution is 2.20. The molecular weight excluding hydrogens is 200 g/mol. The zero-order valence-electron chi connectivity index (χ0n) is 10.2. The number of hydrogen-bond acceptors (Lipinski definition) is 3. The third-order valence-corrected chi connectivity index (χ3v) is 3.33. The summed E-state index contributed by atoms with van der Waals surface area (Å²) in [4.78, 5) is 0. The second-order valence-corrected chi connectivity index (χ2v) is 4.95. The molecule has 1 saturated carbocycles. The Balaban J connectivity index is 1.99. The summed E-state index contributed by atoms with van der Waals surface area (Å²) < 4.78 is 2.01. The van der Waals surface area contributed by atoms with Gasteiger partial charge in [0, 0.05) is 18.6 Å². The van der Waals surface area contributed by atoms with Crippen molar-refractivity contribution in [1.29, 1.82) is 0 Å². The van der Waals surface area contributed by atoms with Crippen LogP contribution in [0.15, 0.2) is 6.20 Å². The van der Waals surface area contributed by atoms with Crippen LogP contribution in [-0.2, 0) is 6.54 Å². The predicted molar refractivity (Wildman–Crippen MR) is 66.1 cm³/mol. The number of nitrogens with one attached hydrogen (secondary N) is 1. The Morgan fingerprint density at radius 2 is 2.19 bits per heavy atom. The minimum atomic E-state index is 0.373. The summed E-state index contributed by atoms with van der Waals surface area (Å²) in [6.45, 7) is 5.10. The molecule has 0 aromatic carbocycles. The Kier molecular flexibility index (Phi) is 3.49. The Labute approximate surface area is 97.2 Å². The molecule has 0 aliphatic heterocycles. The summed E-state index contributed by atoms with van der Waals surface area (Å²) in [6.07, 6.45) is 7.07. The van der Waals surface area contributed by atoms with E-state index in [0.717, 1.165) is 17.9 Å². The third kappa shape index (κ3) is 2.38. The summed E-state index contributed by atoms with van der Waals surface area (Å²) in [5.74, 6) is 0. The van der Waals surface area contributed by atoms with E-state index in [9.17, 15) is 0 Å². The van der Waals surface area contributed by atoms with E-state index < -0.39 is 0 Å². The molecule has 4 heteroatoms. The standard InChI is InChI=1S/C12H22N4/c1-9(2)16-12(11(13)7-15-16)8-14-10-5-3-4-6-10/h7,9-10,14H,3-6,8,13H2,1-2H3. The SMILES string of the molecule is CC(C)n1ncc(N)c1CNC1CCCC1. The van der Waals surface area contributed by atoms with Crippen LogP contribution in [0, 0.1) is 0 Å². The quantitative estimate of drug-likeness (QED) is 0.820. The van der Waals surface area contributed by atoms with Gasteiger partial charge in [0.1, 0.15) is 0 Å². The van der Waals surface area contributed by atoms with Crippen molar-refractivity contribution in [3.63, 3.8) is 0 Å². The summed E-state index contributed by atoms with van der Waals surface area (Å²) in [6, 6.07) is 1.05. The van der Waals surface area contributed by atoms with Gasteiger partial charge in [-0.3, -0.25) is 4.68 Å². The first-order valence-electron chi connectivity index (χ1n) is 6.23. The van der Waals surface area contributed by atoms with Crippen LogP contribution >= 0.6 is 0 Å². The van der Waals surface area contributed by atoms with Crippen LogP contribution in [0.5, 0.6) is 0 Å². The van der Waals surface area contributed by atoms with Crippen molar-refractivity contribution in [3.05, 3.63) is 11.9 Å². The van der Waals surface area contributed by atoms with Gasteiger partial charge in [-0.1, -0.05) is 12.8 Å². The Bertz CT molecular complexity index is 337. The molecule has 90 valence electrons. The minimum absolute atomic E-state index is 0.373. The van der Waals surface area contributed by atoms with Crippen LogP contribution in [0.25, 0.3) is 0 Å². The smallest absolute Gasteiger partial charge is 0.0754 e. The fourth-order valence-corrected chi connectivity index (χ4v) is 2.40. The molecule has 1 aliphatic rings. The molecule has 0 amide bonds. The molecule has 0 saturated heterocycles. The maximum atomic E-state index is 5.94. The van der Waals surface area contributed by atoms with E-state index in [1.807, 2.05) is 4.68 Å². The first-order chi connectivity index (χ1) is 7.68. The van der Waals surface area contributed by atoms with E-state index in [-0.39, 0.29) is 0 Å². The zero-order valence-corrected chi connectivity index (χ0v) is 10.2. The highest BCUT2D eigenvalue weighted by molar-refractivity contribution is 5.41. The van der Waals surface area contributed by atoms with Crippen LogP contribution in [0.1, 0.15) is 51.3 Å². The van der Waals surface area contributed by atoms with Crippen molar-refractivity contribution in [2.75, 3.05) is 5.73 Å². The normalized spacial score (nSPS) is 17.4. The van der Waals surface area contributed by atoms with Gasteiger partial charge in [0.05, 0.1) is 17.6 Å². The van der Waals surface area contributed by atoms with Gasteiger partial charge in [0.15, 0.2) is 0 Å².